The summed E-state index contributed by atoms with van der Waals surface area (Å²) < 4.78 is 5.09. The Morgan fingerprint density at radius 3 is 2.28 bits per heavy atom. The highest BCUT2D eigenvalue weighted by Crippen LogP contribution is 2.24. The lowest BCUT2D eigenvalue weighted by molar-refractivity contribution is -0.142. The Bertz CT molecular complexity index is 699. The lowest BCUT2D eigenvalue weighted by Gasteiger charge is -2.40. The Morgan fingerprint density at radius 2 is 1.78 bits per heavy atom. The standard InChI is InChI=1S/C24H44N4O4/c1-11-32-23(31)17(4)14-18(16(2)3)28(10)22(30)20(24(5,6)7)25-21(29)19-15-26(8)12-13-27(19)9/h14,16,18-20H,11-13,15H2,1-10H3,(H,25,29)/b17-14+/t18-,19?,20-/m1/s1. The van der Waals surface area contributed by atoms with Gasteiger partial charge in [0.2, 0.25) is 11.8 Å². The quantitative estimate of drug-likeness (QED) is 0.446. The van der Waals surface area contributed by atoms with Gasteiger partial charge in [-0.1, -0.05) is 40.7 Å². The Kier molecular flexibility index (Phi) is 10.4. The monoisotopic (exact) mass is 452 g/mol. The molecule has 0 radical (unpaired) electrons. The van der Waals surface area contributed by atoms with E-state index in [1.807, 2.05) is 53.6 Å². The predicted octanol–water partition coefficient (Wildman–Crippen LogP) is 1.76. The van der Waals surface area contributed by atoms with E-state index in [2.05, 4.69) is 10.2 Å². The molecule has 1 rings (SSSR count). The molecule has 1 saturated heterocycles. The van der Waals surface area contributed by atoms with Crippen LogP contribution in [-0.2, 0) is 19.1 Å². The molecule has 2 amide bonds. The molecule has 1 fully saturated rings. The zero-order valence-electron chi connectivity index (χ0n) is 21.7. The van der Waals surface area contributed by atoms with E-state index in [0.717, 1.165) is 13.1 Å². The molecular weight excluding hydrogens is 408 g/mol. The van der Waals surface area contributed by atoms with Crippen LogP contribution in [0.3, 0.4) is 0 Å². The number of carbonyl (C=O) groups is 3. The van der Waals surface area contributed by atoms with Crippen LogP contribution >= 0.6 is 0 Å². The van der Waals surface area contributed by atoms with Crippen LogP contribution < -0.4 is 5.32 Å². The molecule has 0 aromatic heterocycles. The van der Waals surface area contributed by atoms with E-state index in [9.17, 15) is 14.4 Å². The molecular formula is C24H44N4O4. The minimum Gasteiger partial charge on any atom is -0.463 e. The molecule has 0 bridgehead atoms. The zero-order valence-corrected chi connectivity index (χ0v) is 21.7. The van der Waals surface area contributed by atoms with E-state index in [0.29, 0.717) is 18.7 Å². The van der Waals surface area contributed by atoms with Crippen molar-refractivity contribution in [3.63, 3.8) is 0 Å². The van der Waals surface area contributed by atoms with E-state index in [-0.39, 0.29) is 35.8 Å². The van der Waals surface area contributed by atoms with Crippen LogP contribution in [0.25, 0.3) is 0 Å². The second-order valence-corrected chi connectivity index (χ2v) is 10.3. The molecule has 3 atom stereocenters. The highest BCUT2D eigenvalue weighted by atomic mass is 16.5. The van der Waals surface area contributed by atoms with Crippen LogP contribution in [0.2, 0.25) is 0 Å². The van der Waals surface area contributed by atoms with Gasteiger partial charge in [0.1, 0.15) is 12.1 Å². The van der Waals surface area contributed by atoms with Crippen LogP contribution in [-0.4, -0.2) is 98.0 Å². The third-order valence-electron chi connectivity index (χ3n) is 6.05. The maximum absolute atomic E-state index is 13.6. The maximum atomic E-state index is 13.6. The summed E-state index contributed by atoms with van der Waals surface area (Å²) in [7, 11) is 5.67. The number of amides is 2. The van der Waals surface area contributed by atoms with Gasteiger partial charge < -0.3 is 19.9 Å². The average Bonchev–Trinajstić information content (AvgIpc) is 2.69. The first-order valence-corrected chi connectivity index (χ1v) is 11.5. The summed E-state index contributed by atoms with van der Waals surface area (Å²) in [6.45, 7) is 15.9. The molecule has 1 unspecified atom stereocenters. The molecule has 8 nitrogen and oxygen atoms in total. The minimum absolute atomic E-state index is 0.0720. The average molecular weight is 453 g/mol. The fraction of sp³-hybridized carbons (Fsp3) is 0.792. The molecule has 1 aliphatic heterocycles. The molecule has 32 heavy (non-hydrogen) atoms. The maximum Gasteiger partial charge on any atom is 0.333 e. The second-order valence-electron chi connectivity index (χ2n) is 10.3. The van der Waals surface area contributed by atoms with Crippen molar-refractivity contribution in [1.82, 2.24) is 20.0 Å². The van der Waals surface area contributed by atoms with E-state index in [1.165, 1.54) is 0 Å². The minimum atomic E-state index is -0.696. The fourth-order valence-electron chi connectivity index (χ4n) is 3.85. The Morgan fingerprint density at radius 1 is 1.19 bits per heavy atom. The van der Waals surface area contributed by atoms with Crippen molar-refractivity contribution in [2.75, 3.05) is 47.4 Å². The number of hydrogen-bond acceptors (Lipinski definition) is 6. The fourth-order valence-corrected chi connectivity index (χ4v) is 3.85. The van der Waals surface area contributed by atoms with Crippen LogP contribution in [0.1, 0.15) is 48.5 Å². The van der Waals surface area contributed by atoms with Crippen LogP contribution in [0.4, 0.5) is 0 Å². The number of nitrogens with zero attached hydrogens (tertiary/aromatic N) is 3. The van der Waals surface area contributed by atoms with Gasteiger partial charge in [-0.2, -0.15) is 0 Å². The number of esters is 1. The van der Waals surface area contributed by atoms with Crippen LogP contribution in [0.5, 0.6) is 0 Å². The Balaban J connectivity index is 3.12. The van der Waals surface area contributed by atoms with Crippen molar-refractivity contribution in [2.45, 2.75) is 66.6 Å². The summed E-state index contributed by atoms with van der Waals surface area (Å²) in [5.41, 5.74) is -0.0184. The largest absolute Gasteiger partial charge is 0.463 e. The zero-order chi connectivity index (χ0) is 24.8. The van der Waals surface area contributed by atoms with Gasteiger partial charge in [0.15, 0.2) is 0 Å². The van der Waals surface area contributed by atoms with E-state index in [1.54, 1.807) is 31.9 Å². The highest BCUT2D eigenvalue weighted by Gasteiger charge is 2.39. The third-order valence-corrected chi connectivity index (χ3v) is 6.05. The van der Waals surface area contributed by atoms with Gasteiger partial charge in [-0.05, 0) is 39.3 Å². The van der Waals surface area contributed by atoms with Gasteiger partial charge >= 0.3 is 5.97 Å². The molecule has 0 spiro atoms. The van der Waals surface area contributed by atoms with Crippen molar-refractivity contribution >= 4 is 17.8 Å². The van der Waals surface area contributed by atoms with Gasteiger partial charge in [-0.3, -0.25) is 14.5 Å². The lowest BCUT2D eigenvalue weighted by Crippen LogP contribution is -2.62. The first-order chi connectivity index (χ1) is 14.7. The topological polar surface area (TPSA) is 82.2 Å². The smallest absolute Gasteiger partial charge is 0.333 e. The Labute approximate surface area is 194 Å². The van der Waals surface area contributed by atoms with Crippen LogP contribution in [0, 0.1) is 11.3 Å². The van der Waals surface area contributed by atoms with Crippen molar-refractivity contribution < 1.29 is 19.1 Å². The van der Waals surface area contributed by atoms with Crippen molar-refractivity contribution in [3.8, 4) is 0 Å². The summed E-state index contributed by atoms with van der Waals surface area (Å²) in [5, 5.41) is 3.04. The van der Waals surface area contributed by atoms with E-state index < -0.39 is 11.5 Å². The number of hydrogen-bond donors (Lipinski definition) is 1. The number of likely N-dealkylation sites (N-methyl/N-ethyl adjacent to an activating group) is 3. The summed E-state index contributed by atoms with van der Waals surface area (Å²) in [4.78, 5) is 44.7. The second kappa shape index (κ2) is 11.8. The molecule has 0 aromatic carbocycles. The number of nitrogens with one attached hydrogen (secondary N) is 1. The Hall–Kier alpha value is -1.93. The normalized spacial score (nSPS) is 20.6. The summed E-state index contributed by atoms with van der Waals surface area (Å²) in [5.74, 6) is -0.628. The predicted molar refractivity (Wildman–Crippen MR) is 127 cm³/mol. The summed E-state index contributed by atoms with van der Waals surface area (Å²) in [6.07, 6.45) is 1.78. The van der Waals surface area contributed by atoms with Gasteiger partial charge in [0, 0.05) is 32.3 Å². The molecule has 0 aromatic rings. The molecule has 184 valence electrons. The first-order valence-electron chi connectivity index (χ1n) is 11.5. The number of ether oxygens (including phenoxy) is 1. The molecule has 0 saturated carbocycles. The summed E-state index contributed by atoms with van der Waals surface area (Å²) >= 11 is 0. The molecule has 1 N–H and O–H groups in total. The number of carbonyl (C=O) groups excluding carboxylic acids is 3. The van der Waals surface area contributed by atoms with Crippen LogP contribution in [0.15, 0.2) is 11.6 Å². The molecule has 8 heteroatoms. The van der Waals surface area contributed by atoms with Crippen molar-refractivity contribution in [3.05, 3.63) is 11.6 Å². The summed E-state index contributed by atoms with van der Waals surface area (Å²) in [6, 6.07) is -1.31. The first kappa shape index (κ1) is 28.1. The molecule has 1 aliphatic rings. The SMILES string of the molecule is CCOC(=O)/C(C)=C/[C@H](C(C)C)N(C)C(=O)[C@@H](NC(=O)C1CN(C)CCN1C)C(C)(C)C. The molecule has 0 aliphatic carbocycles. The van der Waals surface area contributed by atoms with Gasteiger partial charge in [0.05, 0.1) is 12.6 Å². The van der Waals surface area contributed by atoms with Gasteiger partial charge in [-0.15, -0.1) is 0 Å². The third kappa shape index (κ3) is 7.59. The molecule has 1 heterocycles. The number of piperazine rings is 1. The van der Waals surface area contributed by atoms with Crippen molar-refractivity contribution in [2.24, 2.45) is 11.3 Å². The highest BCUT2D eigenvalue weighted by molar-refractivity contribution is 5.91. The van der Waals surface area contributed by atoms with E-state index in [4.69, 9.17) is 4.74 Å². The van der Waals surface area contributed by atoms with E-state index >= 15 is 0 Å². The van der Waals surface area contributed by atoms with Crippen molar-refractivity contribution in [1.29, 1.82) is 0 Å². The van der Waals surface area contributed by atoms with Gasteiger partial charge in [-0.25, -0.2) is 4.79 Å². The lowest BCUT2D eigenvalue weighted by atomic mass is 9.84. The van der Waals surface area contributed by atoms with Gasteiger partial charge in [0.25, 0.3) is 0 Å². The number of rotatable bonds is 8.